The van der Waals surface area contributed by atoms with Gasteiger partial charge in [-0.25, -0.2) is 0 Å². The molecule has 3 heteroatoms. The average Bonchev–Trinajstić information content (AvgIpc) is 2.02. The van der Waals surface area contributed by atoms with E-state index in [0.717, 1.165) is 13.0 Å². The second kappa shape index (κ2) is 6.02. The summed E-state index contributed by atoms with van der Waals surface area (Å²) in [5.41, 5.74) is -0.352. The molecule has 0 spiro atoms. The van der Waals surface area contributed by atoms with Crippen LogP contribution in [0, 0.1) is 5.92 Å². The van der Waals surface area contributed by atoms with Crippen LogP contribution in [0.1, 0.15) is 40.5 Å². The Morgan fingerprint density at radius 3 is 2.43 bits per heavy atom. The maximum Gasteiger partial charge on any atom is 0.222 e. The van der Waals surface area contributed by atoms with Crippen LogP contribution in [0.5, 0.6) is 0 Å². The third-order valence-corrected chi connectivity index (χ3v) is 2.05. The number of rotatable bonds is 6. The molecule has 1 amide bonds. The van der Waals surface area contributed by atoms with E-state index in [2.05, 4.69) is 19.2 Å². The van der Waals surface area contributed by atoms with Gasteiger partial charge in [0.25, 0.3) is 0 Å². The minimum atomic E-state index is -0.352. The highest BCUT2D eigenvalue weighted by Crippen LogP contribution is 2.15. The molecule has 1 N–H and O–H groups in total. The lowest BCUT2D eigenvalue weighted by molar-refractivity contribution is -0.127. The van der Waals surface area contributed by atoms with E-state index in [0.29, 0.717) is 12.3 Å². The Hall–Kier alpha value is -0.570. The number of ether oxygens (including phenoxy) is 1. The summed E-state index contributed by atoms with van der Waals surface area (Å²) < 4.78 is 5.65. The minimum absolute atomic E-state index is 0.0274. The van der Waals surface area contributed by atoms with E-state index in [-0.39, 0.29) is 11.5 Å². The molecule has 0 fully saturated rings. The summed E-state index contributed by atoms with van der Waals surface area (Å²) in [6, 6.07) is 0. The highest BCUT2D eigenvalue weighted by Gasteiger charge is 2.21. The Labute approximate surface area is 87.2 Å². The second-order valence-corrected chi connectivity index (χ2v) is 4.64. The van der Waals surface area contributed by atoms with Gasteiger partial charge in [0.05, 0.1) is 12.0 Å². The summed E-state index contributed by atoms with van der Waals surface area (Å²) in [6.07, 6.45) is 1.46. The number of hydrogen-bond acceptors (Lipinski definition) is 2. The van der Waals surface area contributed by atoms with Crippen LogP contribution in [0.3, 0.4) is 0 Å². The number of carbonyl (C=O) groups excluding carboxylic acids is 1. The molecule has 14 heavy (non-hydrogen) atoms. The van der Waals surface area contributed by atoms with Gasteiger partial charge in [0.2, 0.25) is 5.91 Å². The molecule has 0 radical (unpaired) electrons. The summed E-state index contributed by atoms with van der Waals surface area (Å²) >= 11 is 0. The van der Waals surface area contributed by atoms with Gasteiger partial charge in [0.1, 0.15) is 0 Å². The molecule has 0 aliphatic heterocycles. The van der Waals surface area contributed by atoms with Crippen molar-refractivity contribution >= 4 is 5.91 Å². The predicted octanol–water partition coefficient (Wildman–Crippen LogP) is 1.96. The van der Waals surface area contributed by atoms with Crippen molar-refractivity contribution < 1.29 is 9.53 Å². The van der Waals surface area contributed by atoms with Crippen molar-refractivity contribution in [3.8, 4) is 0 Å². The first-order valence-electron chi connectivity index (χ1n) is 5.22. The van der Waals surface area contributed by atoms with Gasteiger partial charge in [-0.3, -0.25) is 4.79 Å². The van der Waals surface area contributed by atoms with Crippen LogP contribution in [-0.4, -0.2) is 25.2 Å². The maximum atomic E-state index is 11.1. The van der Waals surface area contributed by atoms with Crippen LogP contribution in [0.25, 0.3) is 0 Å². The summed E-state index contributed by atoms with van der Waals surface area (Å²) in [4.78, 5) is 11.1. The van der Waals surface area contributed by atoms with E-state index < -0.39 is 0 Å². The lowest BCUT2D eigenvalue weighted by Crippen LogP contribution is -2.33. The van der Waals surface area contributed by atoms with Gasteiger partial charge in [0, 0.05) is 13.7 Å². The largest absolute Gasteiger partial charge is 0.375 e. The summed E-state index contributed by atoms with van der Waals surface area (Å²) in [5.74, 6) is 0.672. The lowest BCUT2D eigenvalue weighted by Gasteiger charge is -2.24. The fourth-order valence-corrected chi connectivity index (χ4v) is 1.10. The van der Waals surface area contributed by atoms with Crippen LogP contribution < -0.4 is 5.32 Å². The van der Waals surface area contributed by atoms with Gasteiger partial charge in [-0.1, -0.05) is 13.8 Å². The van der Waals surface area contributed by atoms with Crippen molar-refractivity contribution in [2.75, 3.05) is 13.7 Å². The van der Waals surface area contributed by atoms with Crippen LogP contribution in [0.4, 0.5) is 0 Å². The fourth-order valence-electron chi connectivity index (χ4n) is 1.10. The number of hydrogen-bond donors (Lipinski definition) is 1. The third kappa shape index (κ3) is 6.89. The molecule has 3 nitrogen and oxygen atoms in total. The zero-order valence-electron chi connectivity index (χ0n) is 10.0. The van der Waals surface area contributed by atoms with Gasteiger partial charge in [-0.15, -0.1) is 0 Å². The smallest absolute Gasteiger partial charge is 0.222 e. The zero-order valence-corrected chi connectivity index (χ0v) is 10.0. The van der Waals surface area contributed by atoms with E-state index in [4.69, 9.17) is 4.74 Å². The van der Waals surface area contributed by atoms with Crippen LogP contribution in [0.15, 0.2) is 0 Å². The SMILES string of the molecule is CNC(=O)CC(C)(C)OCCC(C)C. The molecular formula is C11H23NO2. The monoisotopic (exact) mass is 201 g/mol. The molecule has 0 saturated heterocycles. The molecule has 84 valence electrons. The van der Waals surface area contributed by atoms with E-state index in [9.17, 15) is 4.79 Å². The topological polar surface area (TPSA) is 38.3 Å². The van der Waals surface area contributed by atoms with Crippen molar-refractivity contribution in [2.45, 2.75) is 46.1 Å². The van der Waals surface area contributed by atoms with E-state index in [1.807, 2.05) is 13.8 Å². The molecule has 0 atom stereocenters. The summed E-state index contributed by atoms with van der Waals surface area (Å²) in [7, 11) is 1.65. The summed E-state index contributed by atoms with van der Waals surface area (Å²) in [5, 5.41) is 2.60. The number of carbonyl (C=O) groups is 1. The first-order valence-corrected chi connectivity index (χ1v) is 5.22. The van der Waals surface area contributed by atoms with Gasteiger partial charge in [0.15, 0.2) is 0 Å². The average molecular weight is 201 g/mol. The standard InChI is InChI=1S/C11H23NO2/c1-9(2)6-7-14-11(3,4)8-10(13)12-5/h9H,6-8H2,1-5H3,(H,12,13). The Kier molecular flexibility index (Phi) is 5.77. The Morgan fingerprint density at radius 1 is 1.43 bits per heavy atom. The van der Waals surface area contributed by atoms with E-state index in [1.54, 1.807) is 7.05 Å². The molecule has 0 heterocycles. The fraction of sp³-hybridized carbons (Fsp3) is 0.909. The zero-order chi connectivity index (χ0) is 11.2. The van der Waals surface area contributed by atoms with Crippen molar-refractivity contribution in [3.05, 3.63) is 0 Å². The van der Waals surface area contributed by atoms with Crippen molar-refractivity contribution in [1.82, 2.24) is 5.32 Å². The second-order valence-electron chi connectivity index (χ2n) is 4.64. The van der Waals surface area contributed by atoms with E-state index in [1.165, 1.54) is 0 Å². The number of amides is 1. The highest BCUT2D eigenvalue weighted by atomic mass is 16.5. The first-order chi connectivity index (χ1) is 6.37. The van der Waals surface area contributed by atoms with E-state index >= 15 is 0 Å². The highest BCUT2D eigenvalue weighted by molar-refractivity contribution is 5.76. The molecule has 0 rings (SSSR count). The molecule has 0 aromatic carbocycles. The van der Waals surface area contributed by atoms with Crippen LogP contribution in [0.2, 0.25) is 0 Å². The molecule has 0 aliphatic carbocycles. The Bertz CT molecular complexity index is 176. The number of nitrogens with one attached hydrogen (secondary N) is 1. The lowest BCUT2D eigenvalue weighted by atomic mass is 10.0. The van der Waals surface area contributed by atoms with Gasteiger partial charge >= 0.3 is 0 Å². The molecular weight excluding hydrogens is 178 g/mol. The molecule has 0 saturated carbocycles. The van der Waals surface area contributed by atoms with Crippen molar-refractivity contribution in [3.63, 3.8) is 0 Å². The van der Waals surface area contributed by atoms with Crippen LogP contribution >= 0.6 is 0 Å². The third-order valence-electron chi connectivity index (χ3n) is 2.05. The van der Waals surface area contributed by atoms with Crippen LogP contribution in [-0.2, 0) is 9.53 Å². The molecule has 0 aromatic rings. The minimum Gasteiger partial charge on any atom is -0.375 e. The van der Waals surface area contributed by atoms with Gasteiger partial charge < -0.3 is 10.1 Å². The first kappa shape index (κ1) is 13.4. The van der Waals surface area contributed by atoms with Crippen molar-refractivity contribution in [2.24, 2.45) is 5.92 Å². The van der Waals surface area contributed by atoms with Gasteiger partial charge in [-0.05, 0) is 26.2 Å². The van der Waals surface area contributed by atoms with Crippen molar-refractivity contribution in [1.29, 1.82) is 0 Å². The molecule has 0 unspecified atom stereocenters. The Balaban J connectivity index is 3.77. The normalized spacial score (nSPS) is 11.9. The molecule has 0 aromatic heterocycles. The molecule has 0 bridgehead atoms. The molecule has 0 aliphatic rings. The quantitative estimate of drug-likeness (QED) is 0.713. The predicted molar refractivity (Wildman–Crippen MR) is 58.2 cm³/mol. The Morgan fingerprint density at radius 2 is 2.00 bits per heavy atom. The van der Waals surface area contributed by atoms with Gasteiger partial charge in [-0.2, -0.15) is 0 Å². The summed E-state index contributed by atoms with van der Waals surface area (Å²) in [6.45, 7) is 8.94. The maximum absolute atomic E-state index is 11.1.